The van der Waals surface area contributed by atoms with Gasteiger partial charge in [0.25, 0.3) is 11.1 Å². The highest BCUT2D eigenvalue weighted by atomic mass is 35.5. The lowest BCUT2D eigenvalue weighted by atomic mass is 9.80. The molecule has 2 amide bonds. The van der Waals surface area contributed by atoms with Crippen LogP contribution >= 0.6 is 23.4 Å². The number of amides is 2. The third-order valence-corrected chi connectivity index (χ3v) is 6.80. The monoisotopic (exact) mass is 450 g/mol. The van der Waals surface area contributed by atoms with Crippen molar-refractivity contribution in [2.75, 3.05) is 18.5 Å². The summed E-state index contributed by atoms with van der Waals surface area (Å²) >= 11 is 7.35. The first-order valence-corrected chi connectivity index (χ1v) is 11.1. The van der Waals surface area contributed by atoms with Gasteiger partial charge in [0.1, 0.15) is 6.54 Å². The number of benzene rings is 1. The van der Waals surface area contributed by atoms with Crippen LogP contribution in [0.1, 0.15) is 58.1 Å². The number of hydrogen-bond donors (Lipinski definition) is 0. The van der Waals surface area contributed by atoms with E-state index in [2.05, 4.69) is 32.7 Å². The Labute approximate surface area is 186 Å². The molecule has 0 spiro atoms. The van der Waals surface area contributed by atoms with Crippen LogP contribution in [-0.2, 0) is 14.3 Å². The van der Waals surface area contributed by atoms with Crippen LogP contribution in [-0.4, -0.2) is 47.3 Å². The van der Waals surface area contributed by atoms with Crippen LogP contribution in [0, 0.1) is 0 Å². The lowest BCUT2D eigenvalue weighted by Gasteiger charge is -2.45. The van der Waals surface area contributed by atoms with Crippen LogP contribution in [0.15, 0.2) is 17.0 Å². The minimum atomic E-state index is -0.611. The number of halogens is 1. The first kappa shape index (κ1) is 22.7. The second-order valence-corrected chi connectivity index (χ2v) is 10.1. The van der Waals surface area contributed by atoms with E-state index in [9.17, 15) is 14.4 Å². The molecule has 8 heteroatoms. The first-order chi connectivity index (χ1) is 13.9. The molecule has 2 heterocycles. The van der Waals surface area contributed by atoms with Crippen molar-refractivity contribution < 1.29 is 19.1 Å². The molecule has 2 aliphatic heterocycles. The number of carbonyl (C=O) groups is 3. The van der Waals surface area contributed by atoms with Gasteiger partial charge in [0.05, 0.1) is 11.0 Å². The molecule has 1 atom stereocenters. The maximum absolute atomic E-state index is 12.7. The van der Waals surface area contributed by atoms with E-state index in [1.807, 2.05) is 12.1 Å². The number of hydrogen-bond acceptors (Lipinski definition) is 6. The quantitative estimate of drug-likeness (QED) is 0.472. The van der Waals surface area contributed by atoms with Gasteiger partial charge < -0.3 is 9.64 Å². The van der Waals surface area contributed by atoms with Gasteiger partial charge in [0, 0.05) is 23.3 Å². The van der Waals surface area contributed by atoms with Gasteiger partial charge in [0.2, 0.25) is 0 Å². The summed E-state index contributed by atoms with van der Waals surface area (Å²) in [6.45, 7) is 9.62. The first-order valence-electron chi connectivity index (χ1n) is 9.93. The molecule has 0 aliphatic carbocycles. The summed E-state index contributed by atoms with van der Waals surface area (Å²) in [6.07, 6.45) is 2.31. The predicted octanol–water partition coefficient (Wildman–Crippen LogP) is 5.05. The minimum Gasteiger partial charge on any atom is -0.462 e. The van der Waals surface area contributed by atoms with Crippen LogP contribution in [0.3, 0.4) is 0 Å². The molecule has 0 bridgehead atoms. The molecule has 0 radical (unpaired) electrons. The number of thioether (sulfide) groups is 1. The number of anilines is 1. The molecule has 0 N–H and O–H groups in total. The summed E-state index contributed by atoms with van der Waals surface area (Å²) in [4.78, 5) is 40.2. The summed E-state index contributed by atoms with van der Waals surface area (Å²) in [5, 5.41) is 0.0207. The Hall–Kier alpha value is -1.99. The van der Waals surface area contributed by atoms with Crippen molar-refractivity contribution in [3.63, 3.8) is 0 Å². The fraction of sp³-hybridized carbons (Fsp3) is 0.500. The molecule has 1 saturated heterocycles. The van der Waals surface area contributed by atoms with E-state index in [0.717, 1.165) is 34.3 Å². The number of ether oxygens (including phenoxy) is 1. The summed E-state index contributed by atoms with van der Waals surface area (Å²) in [5.74, 6) is -0.790. The molecular weight excluding hydrogens is 424 g/mol. The number of imide groups is 1. The Kier molecular flexibility index (Phi) is 6.25. The Morgan fingerprint density at radius 3 is 2.67 bits per heavy atom. The van der Waals surface area contributed by atoms with Gasteiger partial charge >= 0.3 is 5.97 Å². The van der Waals surface area contributed by atoms with Crippen molar-refractivity contribution >= 4 is 52.2 Å². The molecule has 3 rings (SSSR count). The minimum absolute atomic E-state index is 0.0184. The van der Waals surface area contributed by atoms with Crippen molar-refractivity contribution in [3.8, 4) is 0 Å². The molecule has 162 valence electrons. The number of esters is 1. The Morgan fingerprint density at radius 1 is 1.37 bits per heavy atom. The fourth-order valence-electron chi connectivity index (χ4n) is 3.92. The van der Waals surface area contributed by atoms with Gasteiger partial charge in [-0.25, -0.2) is 0 Å². The predicted molar refractivity (Wildman–Crippen MR) is 121 cm³/mol. The van der Waals surface area contributed by atoms with E-state index in [-0.39, 0.29) is 16.5 Å². The number of nitrogens with zero attached hydrogens (tertiary/aromatic N) is 2. The average Bonchev–Trinajstić information content (AvgIpc) is 2.87. The maximum atomic E-state index is 12.7. The second-order valence-electron chi connectivity index (χ2n) is 8.72. The molecule has 2 aliphatic rings. The number of rotatable bonds is 4. The summed E-state index contributed by atoms with van der Waals surface area (Å²) in [6, 6.07) is 3.92. The van der Waals surface area contributed by atoms with Crippen LogP contribution in [0.5, 0.6) is 0 Å². The van der Waals surface area contributed by atoms with Crippen LogP contribution in [0.2, 0.25) is 5.02 Å². The number of carbonyl (C=O) groups excluding carboxylic acids is 3. The van der Waals surface area contributed by atoms with Crippen LogP contribution < -0.4 is 4.90 Å². The molecule has 30 heavy (non-hydrogen) atoms. The molecule has 1 aromatic carbocycles. The smallest absolute Gasteiger partial charge is 0.326 e. The Morgan fingerprint density at radius 2 is 2.03 bits per heavy atom. The van der Waals surface area contributed by atoms with Crippen molar-refractivity contribution in [1.82, 2.24) is 4.90 Å². The van der Waals surface area contributed by atoms with Crippen molar-refractivity contribution in [1.29, 1.82) is 0 Å². The second kappa shape index (κ2) is 8.27. The standard InChI is InChI=1S/C22H27ClN2O4S/c1-12(2)29-19(26)11-25-20(27)18(30-21(25)28)8-14-7-15-13(3)10-22(4,5)24(6)17(15)9-16(14)23/h7-9,12-13H,10-11H2,1-6H3/b18-8+/t13-/m1/s1. The summed E-state index contributed by atoms with van der Waals surface area (Å²) < 4.78 is 5.04. The van der Waals surface area contributed by atoms with E-state index in [1.54, 1.807) is 19.9 Å². The van der Waals surface area contributed by atoms with Crippen molar-refractivity contribution in [2.24, 2.45) is 0 Å². The fourth-order valence-corrected chi connectivity index (χ4v) is 4.96. The number of fused-ring (bicyclic) bond motifs is 1. The lowest BCUT2D eigenvalue weighted by molar-refractivity contribution is -0.149. The zero-order valence-corrected chi connectivity index (χ0v) is 19.7. The molecule has 0 unspecified atom stereocenters. The molecule has 0 saturated carbocycles. The van der Waals surface area contributed by atoms with Crippen LogP contribution in [0.4, 0.5) is 10.5 Å². The lowest BCUT2D eigenvalue weighted by Crippen LogP contribution is -2.45. The van der Waals surface area contributed by atoms with E-state index in [0.29, 0.717) is 16.5 Å². The summed E-state index contributed by atoms with van der Waals surface area (Å²) in [7, 11) is 2.06. The molecule has 1 fully saturated rings. The largest absolute Gasteiger partial charge is 0.462 e. The van der Waals surface area contributed by atoms with E-state index in [1.165, 1.54) is 0 Å². The van der Waals surface area contributed by atoms with Gasteiger partial charge in [-0.05, 0) is 81.1 Å². The topological polar surface area (TPSA) is 66.9 Å². The Bertz CT molecular complexity index is 941. The third kappa shape index (κ3) is 4.37. The van der Waals surface area contributed by atoms with E-state index < -0.39 is 23.7 Å². The molecule has 1 aromatic rings. The zero-order chi connectivity index (χ0) is 22.4. The highest BCUT2D eigenvalue weighted by molar-refractivity contribution is 8.18. The molecular formula is C22H27ClN2O4S. The van der Waals surface area contributed by atoms with Gasteiger partial charge in [0.15, 0.2) is 0 Å². The van der Waals surface area contributed by atoms with Gasteiger partial charge in [-0.15, -0.1) is 0 Å². The normalized spacial score (nSPS) is 22.1. The Balaban J connectivity index is 1.89. The van der Waals surface area contributed by atoms with E-state index in [4.69, 9.17) is 16.3 Å². The van der Waals surface area contributed by atoms with E-state index >= 15 is 0 Å². The van der Waals surface area contributed by atoms with Crippen LogP contribution in [0.25, 0.3) is 6.08 Å². The molecule has 6 nitrogen and oxygen atoms in total. The average molecular weight is 451 g/mol. The van der Waals surface area contributed by atoms with Crippen molar-refractivity contribution in [3.05, 3.63) is 33.2 Å². The van der Waals surface area contributed by atoms with Crippen molar-refractivity contribution in [2.45, 2.75) is 58.6 Å². The molecule has 0 aromatic heterocycles. The van der Waals surface area contributed by atoms with Gasteiger partial charge in [-0.2, -0.15) is 0 Å². The maximum Gasteiger partial charge on any atom is 0.326 e. The highest BCUT2D eigenvalue weighted by Gasteiger charge is 2.38. The zero-order valence-electron chi connectivity index (χ0n) is 18.1. The van der Waals surface area contributed by atoms with Gasteiger partial charge in [-0.1, -0.05) is 18.5 Å². The third-order valence-electron chi connectivity index (χ3n) is 5.57. The SMILES string of the molecule is CC(C)OC(=O)CN1C(=O)S/C(=C/c2cc3c(cc2Cl)N(C)C(C)(C)C[C@H]3C)C1=O. The summed E-state index contributed by atoms with van der Waals surface area (Å²) in [5.41, 5.74) is 2.94. The van der Waals surface area contributed by atoms with Gasteiger partial charge in [-0.3, -0.25) is 19.3 Å². The highest BCUT2D eigenvalue weighted by Crippen LogP contribution is 2.45.